The molecule has 7 nitrogen and oxygen atoms in total. The first-order chi connectivity index (χ1) is 18.5. The molecule has 0 saturated heterocycles. The van der Waals surface area contributed by atoms with Crippen LogP contribution in [0, 0.1) is 13.8 Å². The summed E-state index contributed by atoms with van der Waals surface area (Å²) < 4.78 is 28.9. The molecule has 208 valence electrons. The Kier molecular flexibility index (Phi) is 10.2. The molecule has 3 aromatic carbocycles. The van der Waals surface area contributed by atoms with Crippen LogP contribution in [0.2, 0.25) is 5.02 Å². The summed E-state index contributed by atoms with van der Waals surface area (Å²) in [6, 6.07) is 19.6. The number of rotatable bonds is 11. The molecule has 3 rings (SSSR count). The summed E-state index contributed by atoms with van der Waals surface area (Å²) in [5.41, 5.74) is 2.65. The van der Waals surface area contributed by atoms with Crippen LogP contribution in [0.25, 0.3) is 0 Å². The molecule has 39 heavy (non-hydrogen) atoms. The number of anilines is 1. The van der Waals surface area contributed by atoms with Crippen LogP contribution < -0.4 is 9.62 Å². The average molecular weight is 570 g/mol. The predicted octanol–water partition coefficient (Wildman–Crippen LogP) is 5.48. The largest absolute Gasteiger partial charge is 0.352 e. The number of benzene rings is 3. The number of nitrogens with one attached hydrogen (secondary N) is 1. The van der Waals surface area contributed by atoms with Gasteiger partial charge in [-0.05, 0) is 75.1 Å². The lowest BCUT2D eigenvalue weighted by atomic mass is 10.1. The van der Waals surface area contributed by atoms with Crippen LogP contribution in [-0.2, 0) is 26.2 Å². The number of halogens is 1. The zero-order valence-corrected chi connectivity index (χ0v) is 24.6. The van der Waals surface area contributed by atoms with Crippen LogP contribution in [0.1, 0.15) is 43.9 Å². The van der Waals surface area contributed by atoms with Gasteiger partial charge in [-0.15, -0.1) is 0 Å². The molecule has 0 saturated carbocycles. The van der Waals surface area contributed by atoms with Crippen molar-refractivity contribution in [2.45, 2.75) is 64.6 Å². The highest BCUT2D eigenvalue weighted by Crippen LogP contribution is 2.31. The first-order valence-electron chi connectivity index (χ1n) is 12.9. The number of hydrogen-bond acceptors (Lipinski definition) is 4. The van der Waals surface area contributed by atoms with E-state index < -0.39 is 28.5 Å². The predicted molar refractivity (Wildman–Crippen MR) is 156 cm³/mol. The van der Waals surface area contributed by atoms with E-state index in [0.717, 1.165) is 21.9 Å². The van der Waals surface area contributed by atoms with Gasteiger partial charge in [0.25, 0.3) is 10.0 Å². The smallest absolute Gasteiger partial charge is 0.264 e. The minimum Gasteiger partial charge on any atom is -0.352 e. The molecule has 0 aliphatic carbocycles. The first-order valence-corrected chi connectivity index (χ1v) is 14.8. The van der Waals surface area contributed by atoms with Gasteiger partial charge in [-0.1, -0.05) is 67.1 Å². The number of aryl methyl sites for hydroxylation is 1. The third-order valence-electron chi connectivity index (χ3n) is 6.89. The van der Waals surface area contributed by atoms with Crippen LogP contribution in [-0.4, -0.2) is 43.8 Å². The molecule has 0 heterocycles. The molecule has 1 N–H and O–H groups in total. The second kappa shape index (κ2) is 13.1. The van der Waals surface area contributed by atoms with Crippen LogP contribution in [0.5, 0.6) is 0 Å². The summed E-state index contributed by atoms with van der Waals surface area (Å²) >= 11 is 6.36. The number of amides is 2. The third kappa shape index (κ3) is 7.19. The highest BCUT2D eigenvalue weighted by Gasteiger charge is 2.33. The fourth-order valence-corrected chi connectivity index (χ4v) is 5.78. The van der Waals surface area contributed by atoms with Crippen LogP contribution in [0.3, 0.4) is 0 Å². The van der Waals surface area contributed by atoms with Gasteiger partial charge in [0.15, 0.2) is 0 Å². The highest BCUT2D eigenvalue weighted by molar-refractivity contribution is 7.92. The van der Waals surface area contributed by atoms with Gasteiger partial charge >= 0.3 is 0 Å². The van der Waals surface area contributed by atoms with E-state index in [1.165, 1.54) is 17.0 Å². The molecule has 0 unspecified atom stereocenters. The number of sulfonamides is 1. The summed E-state index contributed by atoms with van der Waals surface area (Å²) in [6.45, 7) is 8.81. The maximum absolute atomic E-state index is 14.0. The molecule has 0 aliphatic rings. The summed E-state index contributed by atoms with van der Waals surface area (Å²) in [5.74, 6) is -0.813. The third-order valence-corrected chi connectivity index (χ3v) is 9.07. The fraction of sp³-hybridized carbons (Fsp3) is 0.333. The molecule has 0 spiro atoms. The van der Waals surface area contributed by atoms with E-state index in [1.54, 1.807) is 50.2 Å². The Morgan fingerprint density at radius 3 is 2.21 bits per heavy atom. The van der Waals surface area contributed by atoms with Gasteiger partial charge in [0, 0.05) is 17.6 Å². The molecular formula is C30H36ClN3O4S. The lowest BCUT2D eigenvalue weighted by Gasteiger charge is -2.33. The monoisotopic (exact) mass is 569 g/mol. The van der Waals surface area contributed by atoms with Gasteiger partial charge in [-0.2, -0.15) is 0 Å². The van der Waals surface area contributed by atoms with E-state index in [4.69, 9.17) is 11.6 Å². The van der Waals surface area contributed by atoms with Crippen molar-refractivity contribution in [1.82, 2.24) is 10.2 Å². The van der Waals surface area contributed by atoms with Gasteiger partial charge in [0.05, 0.1) is 10.6 Å². The Hall–Kier alpha value is -3.36. The topological polar surface area (TPSA) is 86.8 Å². The van der Waals surface area contributed by atoms with Crippen molar-refractivity contribution < 1.29 is 18.0 Å². The van der Waals surface area contributed by atoms with Crippen LogP contribution >= 0.6 is 11.6 Å². The molecule has 2 amide bonds. The lowest BCUT2D eigenvalue weighted by Crippen LogP contribution is -2.52. The van der Waals surface area contributed by atoms with Crippen molar-refractivity contribution in [1.29, 1.82) is 0 Å². The number of carbonyl (C=O) groups excluding carboxylic acids is 2. The Labute approximate surface area is 236 Å². The first kappa shape index (κ1) is 30.2. The number of nitrogens with zero attached hydrogens (tertiary/aromatic N) is 2. The van der Waals surface area contributed by atoms with Gasteiger partial charge < -0.3 is 10.2 Å². The molecule has 3 aromatic rings. The minimum absolute atomic E-state index is 0.0465. The van der Waals surface area contributed by atoms with Gasteiger partial charge in [0.1, 0.15) is 12.6 Å². The molecule has 0 bridgehead atoms. The molecule has 0 radical (unpaired) electrons. The van der Waals surface area contributed by atoms with Crippen molar-refractivity contribution in [3.63, 3.8) is 0 Å². The van der Waals surface area contributed by atoms with E-state index in [0.29, 0.717) is 16.3 Å². The SMILES string of the molecule is CC[C@H](C)NC(=O)[C@H](C)N(Cc1ccccc1C)C(=O)CN(c1cccc(Cl)c1C)S(=O)(=O)c1ccccc1. The highest BCUT2D eigenvalue weighted by atomic mass is 35.5. The maximum Gasteiger partial charge on any atom is 0.264 e. The zero-order chi connectivity index (χ0) is 28.7. The van der Waals surface area contributed by atoms with E-state index in [2.05, 4.69) is 5.32 Å². The van der Waals surface area contributed by atoms with Crippen LogP contribution in [0.15, 0.2) is 77.7 Å². The van der Waals surface area contributed by atoms with Gasteiger partial charge in [-0.25, -0.2) is 8.42 Å². The molecule has 9 heteroatoms. The van der Waals surface area contributed by atoms with Gasteiger partial charge in [-0.3, -0.25) is 13.9 Å². The average Bonchev–Trinajstić information content (AvgIpc) is 2.92. The number of hydrogen-bond donors (Lipinski definition) is 1. The molecule has 0 fully saturated rings. The summed E-state index contributed by atoms with van der Waals surface area (Å²) in [4.78, 5) is 28.7. The fourth-order valence-electron chi connectivity index (χ4n) is 4.12. The van der Waals surface area contributed by atoms with Gasteiger partial charge in [0.2, 0.25) is 11.8 Å². The van der Waals surface area contributed by atoms with E-state index in [9.17, 15) is 18.0 Å². The molecular weight excluding hydrogens is 534 g/mol. The Balaban J connectivity index is 2.07. The Morgan fingerprint density at radius 2 is 1.56 bits per heavy atom. The van der Waals surface area contributed by atoms with E-state index in [-0.39, 0.29) is 23.4 Å². The molecule has 2 atom stereocenters. The second-order valence-corrected chi connectivity index (χ2v) is 11.9. The van der Waals surface area contributed by atoms with Crippen molar-refractivity contribution in [3.8, 4) is 0 Å². The Morgan fingerprint density at radius 1 is 0.923 bits per heavy atom. The van der Waals surface area contributed by atoms with E-state index in [1.807, 2.05) is 45.0 Å². The molecule has 0 aromatic heterocycles. The summed E-state index contributed by atoms with van der Waals surface area (Å²) in [6.07, 6.45) is 0.737. The van der Waals surface area contributed by atoms with Crippen molar-refractivity contribution >= 4 is 39.1 Å². The minimum atomic E-state index is -4.15. The van der Waals surface area contributed by atoms with E-state index >= 15 is 0 Å². The summed E-state index contributed by atoms with van der Waals surface area (Å²) in [5, 5.41) is 3.32. The summed E-state index contributed by atoms with van der Waals surface area (Å²) in [7, 11) is -4.15. The zero-order valence-electron chi connectivity index (χ0n) is 23.0. The normalized spacial score (nSPS) is 12.9. The van der Waals surface area contributed by atoms with Crippen molar-refractivity contribution in [3.05, 3.63) is 94.5 Å². The maximum atomic E-state index is 14.0. The Bertz CT molecular complexity index is 1410. The lowest BCUT2D eigenvalue weighted by molar-refractivity contribution is -0.139. The standard InChI is InChI=1S/C30H36ClN3O4S/c1-6-22(3)32-30(36)24(5)33(19-25-14-11-10-13-21(25)2)29(35)20-34(28-18-12-17-27(31)23(28)4)39(37,38)26-15-8-7-9-16-26/h7-18,22,24H,6,19-20H2,1-5H3,(H,32,36)/t22-,24-/m0/s1. The van der Waals surface area contributed by atoms with Crippen molar-refractivity contribution in [2.75, 3.05) is 10.8 Å². The van der Waals surface area contributed by atoms with Crippen molar-refractivity contribution in [2.24, 2.45) is 0 Å². The molecule has 0 aliphatic heterocycles. The quantitative estimate of drug-likeness (QED) is 0.331. The van der Waals surface area contributed by atoms with Crippen LogP contribution in [0.4, 0.5) is 5.69 Å². The second-order valence-electron chi connectivity index (χ2n) is 9.65. The number of carbonyl (C=O) groups is 2.